The Morgan fingerprint density at radius 3 is 2.00 bits per heavy atom. The van der Waals surface area contributed by atoms with E-state index in [2.05, 4.69) is 0 Å². The second-order valence-electron chi connectivity index (χ2n) is 5.24. The molecule has 0 aliphatic carbocycles. The van der Waals surface area contributed by atoms with Crippen LogP contribution in [0.5, 0.6) is 23.0 Å². The van der Waals surface area contributed by atoms with Crippen LogP contribution in [0, 0.1) is 0 Å². The Morgan fingerprint density at radius 2 is 1.40 bits per heavy atom. The lowest BCUT2D eigenvalue weighted by Crippen LogP contribution is -1.91. The lowest BCUT2D eigenvalue weighted by molar-refractivity contribution is 0.112. The third kappa shape index (κ3) is 2.76. The van der Waals surface area contributed by atoms with Gasteiger partial charge in [-0.3, -0.25) is 4.79 Å². The third-order valence-electron chi connectivity index (χ3n) is 4.00. The topological polar surface area (TPSA) is 67.1 Å². The van der Waals surface area contributed by atoms with Crippen LogP contribution in [-0.2, 0) is 0 Å². The molecule has 0 amide bonds. The molecule has 0 spiro atoms. The predicted octanol–water partition coefficient (Wildman–Crippen LogP) is 3.95. The first-order valence-corrected chi connectivity index (χ1v) is 7.52. The Morgan fingerprint density at radius 1 is 0.800 bits per heavy atom. The van der Waals surface area contributed by atoms with Gasteiger partial charge in [0.05, 0.1) is 34.0 Å². The summed E-state index contributed by atoms with van der Waals surface area (Å²) < 4.78 is 27.1. The molecule has 0 radical (unpaired) electrons. The summed E-state index contributed by atoms with van der Waals surface area (Å²) in [4.78, 5) is 11.7. The Hall–Kier alpha value is -3.15. The Kier molecular flexibility index (Phi) is 4.52. The van der Waals surface area contributed by atoms with Gasteiger partial charge in [0.25, 0.3) is 0 Å². The molecule has 130 valence electrons. The van der Waals surface area contributed by atoms with Crippen molar-refractivity contribution in [1.29, 1.82) is 0 Å². The van der Waals surface area contributed by atoms with E-state index in [0.29, 0.717) is 50.9 Å². The Labute approximate surface area is 144 Å². The van der Waals surface area contributed by atoms with Crippen LogP contribution in [0.4, 0.5) is 0 Å². The number of methoxy groups -OCH3 is 4. The van der Waals surface area contributed by atoms with Crippen molar-refractivity contribution in [3.63, 3.8) is 0 Å². The summed E-state index contributed by atoms with van der Waals surface area (Å²) in [5, 5.41) is 0.650. The molecule has 1 aromatic heterocycles. The van der Waals surface area contributed by atoms with Gasteiger partial charge in [-0.25, -0.2) is 0 Å². The molecule has 3 aromatic rings. The molecular weight excluding hydrogens is 324 g/mol. The number of carbonyl (C=O) groups excluding carboxylic acids is 1. The number of rotatable bonds is 6. The zero-order valence-corrected chi connectivity index (χ0v) is 14.4. The van der Waals surface area contributed by atoms with E-state index in [1.165, 1.54) is 0 Å². The fourth-order valence-electron chi connectivity index (χ4n) is 2.75. The molecule has 0 atom stereocenters. The van der Waals surface area contributed by atoms with E-state index < -0.39 is 0 Å². The summed E-state index contributed by atoms with van der Waals surface area (Å²) >= 11 is 0. The van der Waals surface area contributed by atoms with Crippen LogP contribution in [0.15, 0.2) is 34.7 Å². The highest BCUT2D eigenvalue weighted by Crippen LogP contribution is 2.40. The van der Waals surface area contributed by atoms with E-state index in [-0.39, 0.29) is 0 Å². The van der Waals surface area contributed by atoms with Crippen LogP contribution in [0.2, 0.25) is 0 Å². The van der Waals surface area contributed by atoms with Gasteiger partial charge in [0.2, 0.25) is 0 Å². The number of benzene rings is 2. The molecule has 0 saturated heterocycles. The highest BCUT2D eigenvalue weighted by molar-refractivity contribution is 6.03. The lowest BCUT2D eigenvalue weighted by Gasteiger charge is -2.08. The van der Waals surface area contributed by atoms with E-state index >= 15 is 0 Å². The summed E-state index contributed by atoms with van der Waals surface area (Å²) in [6, 6.07) is 8.76. The fraction of sp³-hybridized carbons (Fsp3) is 0.211. The van der Waals surface area contributed by atoms with Crippen LogP contribution in [0.1, 0.15) is 10.4 Å². The molecule has 1 heterocycles. The van der Waals surface area contributed by atoms with E-state index in [1.54, 1.807) is 58.8 Å². The molecule has 0 saturated carbocycles. The maximum absolute atomic E-state index is 11.7. The molecule has 6 nitrogen and oxygen atoms in total. The zero-order chi connectivity index (χ0) is 18.0. The van der Waals surface area contributed by atoms with Crippen molar-refractivity contribution in [2.75, 3.05) is 28.4 Å². The maximum Gasteiger partial charge on any atom is 0.164 e. The zero-order valence-electron chi connectivity index (χ0n) is 14.4. The molecular formula is C19H18O6. The van der Waals surface area contributed by atoms with Gasteiger partial charge in [0.1, 0.15) is 11.3 Å². The highest BCUT2D eigenvalue weighted by Gasteiger charge is 2.19. The number of aldehydes is 1. The third-order valence-corrected chi connectivity index (χ3v) is 4.00. The Balaban J connectivity index is 2.24. The number of fused-ring (bicyclic) bond motifs is 1. The standard InChI is InChI=1S/C19H18O6/c1-21-14-6-5-11(7-16(14)22-2)19-13(10-20)12-8-17(23-3)18(24-4)9-15(12)25-19/h5-10H,1-4H3. The molecule has 6 heteroatoms. The molecule has 0 unspecified atom stereocenters. The van der Waals surface area contributed by atoms with Gasteiger partial charge in [-0.1, -0.05) is 0 Å². The summed E-state index contributed by atoms with van der Waals surface area (Å²) in [6.45, 7) is 0. The first-order valence-electron chi connectivity index (χ1n) is 7.52. The first-order chi connectivity index (χ1) is 12.2. The quantitative estimate of drug-likeness (QED) is 0.632. The van der Waals surface area contributed by atoms with E-state index in [9.17, 15) is 4.79 Å². The van der Waals surface area contributed by atoms with Gasteiger partial charge < -0.3 is 23.4 Å². The minimum Gasteiger partial charge on any atom is -0.493 e. The smallest absolute Gasteiger partial charge is 0.164 e. The SMILES string of the molecule is COc1ccc(-c2oc3cc(OC)c(OC)cc3c2C=O)cc1OC. The van der Waals surface area contributed by atoms with Crippen molar-refractivity contribution in [2.24, 2.45) is 0 Å². The van der Waals surface area contributed by atoms with Crippen molar-refractivity contribution < 1.29 is 28.2 Å². The Bertz CT molecular complexity index is 925. The molecule has 25 heavy (non-hydrogen) atoms. The normalized spacial score (nSPS) is 10.6. The molecule has 0 N–H and O–H groups in total. The largest absolute Gasteiger partial charge is 0.493 e. The van der Waals surface area contributed by atoms with Crippen LogP contribution in [0.25, 0.3) is 22.3 Å². The average molecular weight is 342 g/mol. The van der Waals surface area contributed by atoms with Gasteiger partial charge in [0.15, 0.2) is 29.3 Å². The van der Waals surface area contributed by atoms with Gasteiger partial charge >= 0.3 is 0 Å². The van der Waals surface area contributed by atoms with Crippen LogP contribution < -0.4 is 18.9 Å². The van der Waals surface area contributed by atoms with E-state index in [1.807, 2.05) is 0 Å². The fourth-order valence-corrected chi connectivity index (χ4v) is 2.75. The van der Waals surface area contributed by atoms with Crippen molar-refractivity contribution in [2.45, 2.75) is 0 Å². The van der Waals surface area contributed by atoms with Gasteiger partial charge in [-0.2, -0.15) is 0 Å². The summed E-state index contributed by atoms with van der Waals surface area (Å²) in [5.74, 6) is 2.64. The number of hydrogen-bond donors (Lipinski definition) is 0. The molecule has 0 aliphatic heterocycles. The average Bonchev–Trinajstić information content (AvgIpc) is 3.03. The highest BCUT2D eigenvalue weighted by atomic mass is 16.5. The maximum atomic E-state index is 11.7. The number of furan rings is 1. The minimum atomic E-state index is 0.433. The number of ether oxygens (including phenoxy) is 4. The van der Waals surface area contributed by atoms with Crippen LogP contribution in [-0.4, -0.2) is 34.7 Å². The number of hydrogen-bond acceptors (Lipinski definition) is 6. The second-order valence-corrected chi connectivity index (χ2v) is 5.24. The second kappa shape index (κ2) is 6.76. The van der Waals surface area contributed by atoms with Crippen LogP contribution in [0.3, 0.4) is 0 Å². The lowest BCUT2D eigenvalue weighted by atomic mass is 10.1. The van der Waals surface area contributed by atoms with Crippen molar-refractivity contribution in [1.82, 2.24) is 0 Å². The molecule has 3 rings (SSSR count). The van der Waals surface area contributed by atoms with Gasteiger partial charge in [-0.05, 0) is 24.3 Å². The molecule has 0 bridgehead atoms. The minimum absolute atomic E-state index is 0.433. The van der Waals surface area contributed by atoms with E-state index in [0.717, 1.165) is 6.29 Å². The van der Waals surface area contributed by atoms with Crippen LogP contribution >= 0.6 is 0 Å². The molecule has 0 fully saturated rings. The van der Waals surface area contributed by atoms with Gasteiger partial charge in [-0.15, -0.1) is 0 Å². The molecule has 2 aromatic carbocycles. The summed E-state index contributed by atoms with van der Waals surface area (Å²) in [7, 11) is 6.20. The molecule has 0 aliphatic rings. The van der Waals surface area contributed by atoms with E-state index in [4.69, 9.17) is 23.4 Å². The van der Waals surface area contributed by atoms with Gasteiger partial charge in [0, 0.05) is 17.0 Å². The summed E-state index contributed by atoms with van der Waals surface area (Å²) in [5.41, 5.74) is 1.67. The monoisotopic (exact) mass is 342 g/mol. The van der Waals surface area contributed by atoms with Crippen molar-refractivity contribution in [3.8, 4) is 34.3 Å². The summed E-state index contributed by atoms with van der Waals surface area (Å²) in [6.07, 6.45) is 0.768. The van der Waals surface area contributed by atoms with Crippen molar-refractivity contribution >= 4 is 17.3 Å². The predicted molar refractivity (Wildman–Crippen MR) is 93.2 cm³/mol. The number of carbonyl (C=O) groups is 1. The first kappa shape index (κ1) is 16.7. The van der Waals surface area contributed by atoms with Crippen molar-refractivity contribution in [3.05, 3.63) is 35.9 Å².